The minimum atomic E-state index is 0.0699. The number of hydrogen-bond donors (Lipinski definition) is 3. The largest absolute Gasteiger partial charge is 0.489 e. The lowest BCUT2D eigenvalue weighted by Crippen LogP contribution is -2.03. The third-order valence-electron chi connectivity index (χ3n) is 4.99. The Bertz CT molecular complexity index is 1250. The number of nitrogens with one attached hydrogen (secondary N) is 1. The number of ether oxygens (including phenoxy) is 1. The summed E-state index contributed by atoms with van der Waals surface area (Å²) in [7, 11) is 0. The second kappa shape index (κ2) is 9.23. The van der Waals surface area contributed by atoms with Crippen LogP contribution in [0.3, 0.4) is 0 Å². The summed E-state index contributed by atoms with van der Waals surface area (Å²) >= 11 is 0. The van der Waals surface area contributed by atoms with Crippen LogP contribution in [0.25, 0.3) is 22.1 Å². The Morgan fingerprint density at radius 1 is 1.00 bits per heavy atom. The third-order valence-corrected chi connectivity index (χ3v) is 4.99. The zero-order valence-corrected chi connectivity index (χ0v) is 16.9. The van der Waals surface area contributed by atoms with Crippen LogP contribution in [0.1, 0.15) is 16.7 Å². The fourth-order valence-corrected chi connectivity index (χ4v) is 3.54. The first kappa shape index (κ1) is 20.3. The molecule has 0 aliphatic heterocycles. The summed E-state index contributed by atoms with van der Waals surface area (Å²) in [6.45, 7) is 0.848. The molecule has 0 aliphatic carbocycles. The Balaban J connectivity index is 1.63. The number of fused-ring (bicyclic) bond motifs is 1. The van der Waals surface area contributed by atoms with Crippen LogP contribution in [0.2, 0.25) is 0 Å². The molecule has 4 aromatic rings. The van der Waals surface area contributed by atoms with Crippen LogP contribution in [0.5, 0.6) is 5.75 Å². The second-order valence-corrected chi connectivity index (χ2v) is 7.12. The summed E-state index contributed by atoms with van der Waals surface area (Å²) < 4.78 is 11.9. The lowest BCUT2D eigenvalue weighted by molar-refractivity contribution is 0.304. The number of furan rings is 1. The van der Waals surface area contributed by atoms with E-state index in [0.29, 0.717) is 18.9 Å². The maximum Gasteiger partial charge on any atom is 0.149 e. The van der Waals surface area contributed by atoms with E-state index in [-0.39, 0.29) is 12.3 Å². The molecule has 0 atom stereocenters. The van der Waals surface area contributed by atoms with Crippen molar-refractivity contribution in [3.8, 4) is 16.9 Å². The maximum atomic E-state index is 7.83. The predicted molar refractivity (Wildman–Crippen MR) is 121 cm³/mol. The van der Waals surface area contributed by atoms with E-state index in [1.165, 1.54) is 0 Å². The molecular weight excluding hydrogens is 390 g/mol. The summed E-state index contributed by atoms with van der Waals surface area (Å²) in [5, 5.41) is 15.6. The van der Waals surface area contributed by atoms with Gasteiger partial charge in [0, 0.05) is 29.5 Å². The van der Waals surface area contributed by atoms with Gasteiger partial charge in [0.25, 0.3) is 0 Å². The van der Waals surface area contributed by atoms with Crippen LogP contribution in [0, 0.1) is 5.41 Å². The van der Waals surface area contributed by atoms with Gasteiger partial charge in [0.15, 0.2) is 0 Å². The smallest absolute Gasteiger partial charge is 0.149 e. The molecule has 5 N–H and O–H groups in total. The van der Waals surface area contributed by atoms with Gasteiger partial charge in [-0.2, -0.15) is 0 Å². The van der Waals surface area contributed by atoms with Crippen molar-refractivity contribution in [3.05, 3.63) is 89.7 Å². The summed E-state index contributed by atoms with van der Waals surface area (Å²) in [6, 6.07) is 21.8. The number of benzene rings is 3. The molecule has 0 radical (unpaired) electrons. The Morgan fingerprint density at radius 2 is 1.87 bits per heavy atom. The van der Waals surface area contributed by atoms with E-state index in [2.05, 4.69) is 28.5 Å². The van der Waals surface area contributed by atoms with Crippen LogP contribution in [0.4, 0.5) is 0 Å². The normalized spacial score (nSPS) is 11.3. The average Bonchev–Trinajstić information content (AvgIpc) is 3.27. The number of nitrogens with two attached hydrogens (primary N) is 2. The van der Waals surface area contributed by atoms with Gasteiger partial charge in [0.2, 0.25) is 0 Å². The van der Waals surface area contributed by atoms with Crippen molar-refractivity contribution in [3.63, 3.8) is 0 Å². The maximum absolute atomic E-state index is 7.83. The van der Waals surface area contributed by atoms with E-state index >= 15 is 0 Å². The highest BCUT2D eigenvalue weighted by Crippen LogP contribution is 2.32. The monoisotopic (exact) mass is 413 g/mol. The molecular formula is C24H23N5O2. The fraction of sp³-hybridized carbons (Fsp3) is 0.125. The first-order valence-corrected chi connectivity index (χ1v) is 9.86. The Labute approximate surface area is 179 Å². The molecule has 31 heavy (non-hydrogen) atoms. The lowest BCUT2D eigenvalue weighted by Gasteiger charge is -2.12. The van der Waals surface area contributed by atoms with E-state index in [1.54, 1.807) is 6.26 Å². The Morgan fingerprint density at radius 3 is 2.71 bits per heavy atom. The topological polar surface area (TPSA) is 123 Å². The van der Waals surface area contributed by atoms with Crippen molar-refractivity contribution >= 4 is 16.8 Å². The van der Waals surface area contributed by atoms with Gasteiger partial charge in [-0.3, -0.25) is 5.41 Å². The van der Waals surface area contributed by atoms with Crippen molar-refractivity contribution in [2.75, 3.05) is 0 Å². The molecule has 1 aromatic heterocycles. The number of amidine groups is 1. The van der Waals surface area contributed by atoms with Crippen LogP contribution in [0.15, 0.2) is 87.7 Å². The highest BCUT2D eigenvalue weighted by molar-refractivity contribution is 5.93. The highest BCUT2D eigenvalue weighted by atomic mass is 16.5. The molecule has 1 heterocycles. The van der Waals surface area contributed by atoms with E-state index in [0.717, 1.165) is 38.8 Å². The van der Waals surface area contributed by atoms with Crippen molar-refractivity contribution in [1.82, 2.24) is 0 Å². The Hall–Kier alpha value is -3.97. The minimum absolute atomic E-state index is 0.0699. The second-order valence-electron chi connectivity index (χ2n) is 7.12. The molecule has 0 spiro atoms. The van der Waals surface area contributed by atoms with Crippen LogP contribution in [-0.4, -0.2) is 5.84 Å². The number of hydrogen-bond acceptors (Lipinski definition) is 5. The van der Waals surface area contributed by atoms with Gasteiger partial charge in [-0.05, 0) is 47.0 Å². The van der Waals surface area contributed by atoms with E-state index in [9.17, 15) is 0 Å². The molecule has 0 unspecified atom stereocenters. The van der Waals surface area contributed by atoms with Crippen molar-refractivity contribution in [2.45, 2.75) is 19.6 Å². The molecule has 156 valence electrons. The first-order valence-electron chi connectivity index (χ1n) is 9.86. The molecule has 0 fully saturated rings. The molecule has 0 aliphatic rings. The summed E-state index contributed by atoms with van der Waals surface area (Å²) in [6.07, 6.45) is 1.98. The van der Waals surface area contributed by atoms with Gasteiger partial charge in [0.05, 0.1) is 6.26 Å². The Kier molecular flexibility index (Phi) is 6.05. The molecule has 0 saturated heterocycles. The molecule has 4 rings (SSSR count). The average molecular weight is 413 g/mol. The number of nitrogens with zero attached hydrogens (tertiary/aromatic N) is 2. The standard InChI is InChI=1S/C24H23N5O2/c25-14-16-4-3-6-18(10-16)21-12-17(11-20-8-9-30-24(20)21)15-31-22-7-2-1-5-19(22)13-23(26)28-29-27/h1-12H,13-15,25H2,(H3,26,27,28). The summed E-state index contributed by atoms with van der Waals surface area (Å²) in [5.74, 6) is 5.81. The zero-order chi connectivity index (χ0) is 21.6. The van der Waals surface area contributed by atoms with Crippen LogP contribution < -0.4 is 16.3 Å². The predicted octanol–water partition coefficient (Wildman–Crippen LogP) is 4.98. The molecule has 0 amide bonds. The van der Waals surface area contributed by atoms with Gasteiger partial charge in [-0.15, -0.1) is 5.11 Å². The van der Waals surface area contributed by atoms with Gasteiger partial charge >= 0.3 is 0 Å². The molecule has 7 heteroatoms. The number of rotatable bonds is 7. The van der Waals surface area contributed by atoms with Crippen LogP contribution >= 0.6 is 0 Å². The fourth-order valence-electron chi connectivity index (χ4n) is 3.54. The van der Waals surface area contributed by atoms with Gasteiger partial charge < -0.3 is 20.7 Å². The van der Waals surface area contributed by atoms with Gasteiger partial charge in [-0.25, -0.2) is 0 Å². The molecule has 3 aromatic carbocycles. The van der Waals surface area contributed by atoms with Crippen LogP contribution in [-0.2, 0) is 19.6 Å². The first-order chi connectivity index (χ1) is 15.2. The van der Waals surface area contributed by atoms with E-state index in [4.69, 9.17) is 26.1 Å². The van der Waals surface area contributed by atoms with Gasteiger partial charge in [0.1, 0.15) is 23.8 Å². The highest BCUT2D eigenvalue weighted by Gasteiger charge is 2.12. The van der Waals surface area contributed by atoms with Crippen molar-refractivity contribution in [2.24, 2.45) is 21.9 Å². The molecule has 0 saturated carbocycles. The lowest BCUT2D eigenvalue weighted by atomic mass is 9.99. The summed E-state index contributed by atoms with van der Waals surface area (Å²) in [5.41, 5.74) is 11.6. The SMILES string of the molecule is N=C(Cc1ccccc1OCc1cc(-c2cccc(CN)c2)c2occc2c1)N=NN. The number of para-hydroxylation sites is 1. The molecule has 7 nitrogen and oxygen atoms in total. The molecule has 0 bridgehead atoms. The minimum Gasteiger partial charge on any atom is -0.489 e. The van der Waals surface area contributed by atoms with E-state index < -0.39 is 0 Å². The summed E-state index contributed by atoms with van der Waals surface area (Å²) in [4.78, 5) is 0. The van der Waals surface area contributed by atoms with Crippen molar-refractivity contribution < 1.29 is 9.15 Å². The zero-order valence-electron chi connectivity index (χ0n) is 16.9. The van der Waals surface area contributed by atoms with Crippen molar-refractivity contribution in [1.29, 1.82) is 5.41 Å². The third kappa shape index (κ3) is 4.62. The van der Waals surface area contributed by atoms with Gasteiger partial charge in [-0.1, -0.05) is 41.6 Å². The quantitative estimate of drug-likeness (QED) is 0.130. The van der Waals surface area contributed by atoms with E-state index in [1.807, 2.05) is 48.5 Å².